The van der Waals surface area contributed by atoms with E-state index in [0.717, 1.165) is 24.8 Å². The van der Waals surface area contributed by atoms with Crippen LogP contribution in [0.4, 0.5) is 5.69 Å². The molecule has 0 spiro atoms. The summed E-state index contributed by atoms with van der Waals surface area (Å²) < 4.78 is 28.9. The number of anilines is 1. The van der Waals surface area contributed by atoms with Gasteiger partial charge in [-0.25, -0.2) is 0 Å². The third kappa shape index (κ3) is 3.46. The van der Waals surface area contributed by atoms with Crippen molar-refractivity contribution in [3.63, 3.8) is 0 Å². The van der Waals surface area contributed by atoms with Crippen LogP contribution in [0.5, 0.6) is 0 Å². The lowest BCUT2D eigenvalue weighted by atomic mass is 10.1. The molecule has 1 atom stereocenters. The fourth-order valence-electron chi connectivity index (χ4n) is 2.44. The van der Waals surface area contributed by atoms with E-state index in [1.165, 1.54) is 4.31 Å². The molecule has 1 aliphatic heterocycles. The first-order valence-electron chi connectivity index (χ1n) is 6.59. The molecule has 1 fully saturated rings. The summed E-state index contributed by atoms with van der Waals surface area (Å²) in [6.45, 7) is 2.85. The molecule has 0 bridgehead atoms. The van der Waals surface area contributed by atoms with Gasteiger partial charge < -0.3 is 5.73 Å². The summed E-state index contributed by atoms with van der Waals surface area (Å²) in [4.78, 5) is 0. The van der Waals surface area contributed by atoms with E-state index in [1.807, 2.05) is 25.1 Å². The van der Waals surface area contributed by atoms with Gasteiger partial charge in [0.25, 0.3) is 0 Å². The van der Waals surface area contributed by atoms with Crippen LogP contribution in [0.1, 0.15) is 24.8 Å². The zero-order valence-corrected chi connectivity index (χ0v) is 12.0. The van der Waals surface area contributed by atoms with Gasteiger partial charge in [0, 0.05) is 19.1 Å². The first kappa shape index (κ1) is 14.3. The summed E-state index contributed by atoms with van der Waals surface area (Å²) in [5.74, 6) is 0. The van der Waals surface area contributed by atoms with Crippen LogP contribution in [0.25, 0.3) is 0 Å². The topological polar surface area (TPSA) is 75.4 Å². The predicted molar refractivity (Wildman–Crippen MR) is 77.1 cm³/mol. The predicted octanol–water partition coefficient (Wildman–Crippen LogP) is 1.46. The molecule has 1 unspecified atom stereocenters. The fourth-order valence-corrected chi connectivity index (χ4v) is 3.94. The molecule has 1 aromatic carbocycles. The average Bonchev–Trinajstić information content (AvgIpc) is 2.38. The molecule has 1 saturated heterocycles. The molecule has 0 aromatic heterocycles. The molecule has 106 valence electrons. The molecule has 1 heterocycles. The molecule has 1 aliphatic rings. The second kappa shape index (κ2) is 5.90. The number of nitrogens with zero attached hydrogens (tertiary/aromatic N) is 1. The zero-order chi connectivity index (χ0) is 13.9. The van der Waals surface area contributed by atoms with Gasteiger partial charge in [0.15, 0.2) is 0 Å². The van der Waals surface area contributed by atoms with Gasteiger partial charge in [-0.3, -0.25) is 4.72 Å². The van der Waals surface area contributed by atoms with Crippen molar-refractivity contribution in [3.05, 3.63) is 29.8 Å². The Labute approximate surface area is 115 Å². The van der Waals surface area contributed by atoms with Gasteiger partial charge in [0.1, 0.15) is 0 Å². The van der Waals surface area contributed by atoms with Crippen molar-refractivity contribution in [2.75, 3.05) is 17.8 Å². The van der Waals surface area contributed by atoms with Gasteiger partial charge in [0.2, 0.25) is 0 Å². The van der Waals surface area contributed by atoms with E-state index in [9.17, 15) is 8.42 Å². The lowest BCUT2D eigenvalue weighted by Crippen LogP contribution is -2.49. The van der Waals surface area contributed by atoms with E-state index in [0.29, 0.717) is 18.8 Å². The number of aryl methyl sites for hydroxylation is 1. The Morgan fingerprint density at radius 3 is 2.89 bits per heavy atom. The van der Waals surface area contributed by atoms with Gasteiger partial charge in [-0.15, -0.1) is 0 Å². The number of hydrogen-bond donors (Lipinski definition) is 2. The summed E-state index contributed by atoms with van der Waals surface area (Å²) in [6, 6.07) is 7.26. The van der Waals surface area contributed by atoms with E-state index in [1.54, 1.807) is 6.07 Å². The number of nitrogens with two attached hydrogens (primary N) is 1. The molecule has 0 radical (unpaired) electrons. The Kier molecular flexibility index (Phi) is 4.44. The second-order valence-electron chi connectivity index (χ2n) is 4.97. The van der Waals surface area contributed by atoms with E-state index in [-0.39, 0.29) is 6.04 Å². The smallest absolute Gasteiger partial charge is 0.301 e. The third-order valence-electron chi connectivity index (χ3n) is 3.42. The van der Waals surface area contributed by atoms with Crippen LogP contribution in [-0.2, 0) is 10.2 Å². The number of hydrogen-bond acceptors (Lipinski definition) is 3. The highest BCUT2D eigenvalue weighted by Crippen LogP contribution is 2.21. The molecular weight excluding hydrogens is 262 g/mol. The third-order valence-corrected chi connectivity index (χ3v) is 5.01. The van der Waals surface area contributed by atoms with Crippen LogP contribution in [0.2, 0.25) is 0 Å². The minimum Gasteiger partial charge on any atom is -0.329 e. The van der Waals surface area contributed by atoms with Crippen molar-refractivity contribution in [2.45, 2.75) is 32.2 Å². The van der Waals surface area contributed by atoms with Crippen LogP contribution < -0.4 is 10.5 Å². The van der Waals surface area contributed by atoms with Gasteiger partial charge >= 0.3 is 10.2 Å². The lowest BCUT2D eigenvalue weighted by Gasteiger charge is -2.33. The van der Waals surface area contributed by atoms with Crippen LogP contribution in [0.3, 0.4) is 0 Å². The largest absolute Gasteiger partial charge is 0.329 e. The molecule has 0 amide bonds. The summed E-state index contributed by atoms with van der Waals surface area (Å²) in [6.07, 6.45) is 2.77. The van der Waals surface area contributed by atoms with Crippen LogP contribution in [0.15, 0.2) is 24.3 Å². The maximum atomic E-state index is 12.4. The van der Waals surface area contributed by atoms with Crippen molar-refractivity contribution >= 4 is 15.9 Å². The highest BCUT2D eigenvalue weighted by atomic mass is 32.2. The Morgan fingerprint density at radius 2 is 2.21 bits per heavy atom. The van der Waals surface area contributed by atoms with Crippen molar-refractivity contribution in [1.82, 2.24) is 4.31 Å². The van der Waals surface area contributed by atoms with Crippen LogP contribution in [0, 0.1) is 6.92 Å². The summed E-state index contributed by atoms with van der Waals surface area (Å²) in [5.41, 5.74) is 7.29. The molecule has 3 N–H and O–H groups in total. The molecule has 0 saturated carbocycles. The Hall–Kier alpha value is -1.11. The standard InChI is InChI=1S/C13H21N3O2S/c1-11-5-4-6-12(9-11)15-19(17,18)16-8-3-2-7-13(16)10-14/h4-6,9,13,15H,2-3,7-8,10,14H2,1H3. The van der Waals surface area contributed by atoms with Gasteiger partial charge in [-0.1, -0.05) is 18.6 Å². The normalized spacial score (nSPS) is 21.3. The Bertz CT molecular complexity index is 530. The highest BCUT2D eigenvalue weighted by molar-refractivity contribution is 7.90. The monoisotopic (exact) mass is 283 g/mol. The molecule has 1 aromatic rings. The molecule has 5 nitrogen and oxygen atoms in total. The maximum Gasteiger partial charge on any atom is 0.301 e. The lowest BCUT2D eigenvalue weighted by molar-refractivity contribution is 0.259. The highest BCUT2D eigenvalue weighted by Gasteiger charge is 2.31. The summed E-state index contributed by atoms with van der Waals surface area (Å²) in [7, 11) is -3.51. The number of rotatable bonds is 4. The maximum absolute atomic E-state index is 12.4. The van der Waals surface area contributed by atoms with Crippen molar-refractivity contribution in [1.29, 1.82) is 0 Å². The average molecular weight is 283 g/mol. The van der Waals surface area contributed by atoms with Crippen LogP contribution >= 0.6 is 0 Å². The Balaban J connectivity index is 2.17. The molecule has 6 heteroatoms. The van der Waals surface area contributed by atoms with Crippen LogP contribution in [-0.4, -0.2) is 31.9 Å². The van der Waals surface area contributed by atoms with E-state index >= 15 is 0 Å². The number of nitrogens with one attached hydrogen (secondary N) is 1. The van der Waals surface area contributed by atoms with Crippen molar-refractivity contribution < 1.29 is 8.42 Å². The summed E-state index contributed by atoms with van der Waals surface area (Å²) >= 11 is 0. The van der Waals surface area contributed by atoms with E-state index in [2.05, 4.69) is 4.72 Å². The quantitative estimate of drug-likeness (QED) is 0.878. The van der Waals surface area contributed by atoms with Gasteiger partial charge in [-0.2, -0.15) is 12.7 Å². The Morgan fingerprint density at radius 1 is 1.42 bits per heavy atom. The van der Waals surface area contributed by atoms with Gasteiger partial charge in [0.05, 0.1) is 5.69 Å². The number of piperidine rings is 1. The molecular formula is C13H21N3O2S. The fraction of sp³-hybridized carbons (Fsp3) is 0.538. The van der Waals surface area contributed by atoms with Gasteiger partial charge in [-0.05, 0) is 37.5 Å². The van der Waals surface area contributed by atoms with E-state index in [4.69, 9.17) is 5.73 Å². The molecule has 19 heavy (non-hydrogen) atoms. The minimum absolute atomic E-state index is 0.0870. The molecule has 2 rings (SSSR count). The second-order valence-corrected chi connectivity index (χ2v) is 6.60. The first-order valence-corrected chi connectivity index (χ1v) is 8.03. The van der Waals surface area contributed by atoms with E-state index < -0.39 is 10.2 Å². The SMILES string of the molecule is Cc1cccc(NS(=O)(=O)N2CCCCC2CN)c1. The molecule has 0 aliphatic carbocycles. The minimum atomic E-state index is -3.51. The first-order chi connectivity index (χ1) is 9.03. The van der Waals surface area contributed by atoms with Crippen molar-refractivity contribution in [2.24, 2.45) is 5.73 Å². The zero-order valence-electron chi connectivity index (χ0n) is 11.2. The van der Waals surface area contributed by atoms with Crippen molar-refractivity contribution in [3.8, 4) is 0 Å². The number of benzene rings is 1. The summed E-state index contributed by atoms with van der Waals surface area (Å²) in [5, 5.41) is 0.